The summed E-state index contributed by atoms with van der Waals surface area (Å²) in [5.74, 6) is -0.314. The van der Waals surface area contributed by atoms with Crippen LogP contribution in [0.4, 0.5) is 11.4 Å². The molecule has 222 valence electrons. The fourth-order valence-corrected chi connectivity index (χ4v) is 6.30. The second-order valence-corrected chi connectivity index (χ2v) is 11.2. The number of phenols is 1. The van der Waals surface area contributed by atoms with Gasteiger partial charge < -0.3 is 20.3 Å². The third-order valence-corrected chi connectivity index (χ3v) is 8.53. The third-order valence-electron chi connectivity index (χ3n) is 8.53. The fraction of sp³-hybridized carbons (Fsp3) is 0.105. The molecule has 1 aromatic heterocycles. The van der Waals surface area contributed by atoms with E-state index < -0.39 is 0 Å². The highest BCUT2D eigenvalue weighted by atomic mass is 16.3. The number of phenolic OH excluding ortho intramolecular Hbond substituents is 1. The van der Waals surface area contributed by atoms with Crippen LogP contribution in [-0.4, -0.2) is 39.0 Å². The van der Waals surface area contributed by atoms with Crippen molar-refractivity contribution in [3.8, 4) is 11.4 Å². The summed E-state index contributed by atoms with van der Waals surface area (Å²) in [5, 5.41) is 11.2. The molecule has 3 N–H and O–H groups in total. The summed E-state index contributed by atoms with van der Waals surface area (Å²) < 4.78 is 1.83. The minimum absolute atomic E-state index is 0.0588. The molecule has 0 fully saturated rings. The molecule has 7 nitrogen and oxygen atoms in total. The van der Waals surface area contributed by atoms with Crippen molar-refractivity contribution in [1.82, 2.24) is 9.47 Å². The molecule has 0 unspecified atom stereocenters. The van der Waals surface area contributed by atoms with Gasteiger partial charge in [0.2, 0.25) is 0 Å². The van der Waals surface area contributed by atoms with Gasteiger partial charge in [0.25, 0.3) is 11.8 Å². The Labute approximate surface area is 261 Å². The van der Waals surface area contributed by atoms with E-state index >= 15 is 0 Å². The number of fused-ring (bicyclic) bond motifs is 2. The number of aromatic hydroxyl groups is 1. The van der Waals surface area contributed by atoms with Crippen LogP contribution in [-0.2, 0) is 13.0 Å². The Kier molecular flexibility index (Phi) is 7.37. The Balaban J connectivity index is 1.35. The number of nitrogens with two attached hydrogens (primary N) is 1. The van der Waals surface area contributed by atoms with Crippen LogP contribution in [0.15, 0.2) is 134 Å². The zero-order valence-corrected chi connectivity index (χ0v) is 24.6. The first-order valence-corrected chi connectivity index (χ1v) is 15.0. The molecule has 7 heteroatoms. The molecule has 0 spiro atoms. The van der Waals surface area contributed by atoms with Gasteiger partial charge in [-0.2, -0.15) is 0 Å². The molecule has 0 bridgehead atoms. The number of para-hydroxylation sites is 3. The zero-order valence-electron chi connectivity index (χ0n) is 24.6. The maximum absolute atomic E-state index is 14.5. The number of benzene rings is 5. The number of hydrogen-bond acceptors (Lipinski definition) is 4. The molecule has 1 atom stereocenters. The van der Waals surface area contributed by atoms with Crippen molar-refractivity contribution in [2.24, 2.45) is 5.73 Å². The van der Waals surface area contributed by atoms with E-state index in [-0.39, 0.29) is 23.6 Å². The fourth-order valence-electron chi connectivity index (χ4n) is 6.30. The van der Waals surface area contributed by atoms with Gasteiger partial charge in [0.05, 0.1) is 22.3 Å². The molecule has 1 aliphatic rings. The third kappa shape index (κ3) is 5.13. The lowest BCUT2D eigenvalue weighted by Crippen LogP contribution is -2.48. The van der Waals surface area contributed by atoms with E-state index in [9.17, 15) is 14.7 Å². The Morgan fingerprint density at radius 1 is 0.756 bits per heavy atom. The lowest BCUT2D eigenvalue weighted by atomic mass is 9.93. The van der Waals surface area contributed by atoms with Gasteiger partial charge in [0.1, 0.15) is 5.75 Å². The molecule has 0 saturated carbocycles. The molecule has 0 aliphatic carbocycles. The summed E-state index contributed by atoms with van der Waals surface area (Å²) in [6.07, 6.45) is 2.46. The maximum atomic E-state index is 14.5. The number of carbonyl (C=O) groups excluding carboxylic acids is 2. The predicted octanol–water partition coefficient (Wildman–Crippen LogP) is 6.84. The monoisotopic (exact) mass is 592 g/mol. The molecule has 0 saturated heterocycles. The van der Waals surface area contributed by atoms with Crippen molar-refractivity contribution in [1.29, 1.82) is 0 Å². The van der Waals surface area contributed by atoms with E-state index in [1.807, 2.05) is 107 Å². The van der Waals surface area contributed by atoms with E-state index in [0.29, 0.717) is 47.2 Å². The highest BCUT2D eigenvalue weighted by molar-refractivity contribution is 6.17. The average molecular weight is 593 g/mol. The van der Waals surface area contributed by atoms with Gasteiger partial charge in [-0.15, -0.1) is 0 Å². The highest BCUT2D eigenvalue weighted by Gasteiger charge is 2.31. The number of hydrogen-bond donors (Lipinski definition) is 2. The number of nitrogens with zero attached hydrogens (tertiary/aromatic N) is 3. The van der Waals surface area contributed by atoms with Crippen LogP contribution in [0.25, 0.3) is 16.6 Å². The van der Waals surface area contributed by atoms with Crippen molar-refractivity contribution in [3.63, 3.8) is 0 Å². The van der Waals surface area contributed by atoms with Crippen molar-refractivity contribution >= 4 is 34.1 Å². The van der Waals surface area contributed by atoms with Crippen molar-refractivity contribution in [2.75, 3.05) is 11.4 Å². The number of amides is 2. The van der Waals surface area contributed by atoms with E-state index in [2.05, 4.69) is 12.1 Å². The molecule has 5 aromatic carbocycles. The lowest BCUT2D eigenvalue weighted by Gasteiger charge is -2.36. The Bertz CT molecular complexity index is 1980. The van der Waals surface area contributed by atoms with Gasteiger partial charge in [0, 0.05) is 48.2 Å². The molecule has 1 aliphatic heterocycles. The zero-order chi connectivity index (χ0) is 30.9. The number of rotatable bonds is 6. The normalized spacial score (nSPS) is 14.2. The summed E-state index contributed by atoms with van der Waals surface area (Å²) in [6.45, 7) is 0.807. The minimum atomic E-state index is -0.235. The molecule has 7 rings (SSSR count). The van der Waals surface area contributed by atoms with E-state index in [1.165, 1.54) is 5.56 Å². The first-order chi connectivity index (χ1) is 22.0. The topological polar surface area (TPSA) is 91.8 Å². The number of aromatic nitrogens is 1. The smallest absolute Gasteiger partial charge is 0.265 e. The summed E-state index contributed by atoms with van der Waals surface area (Å²) in [6, 6.07) is 39.4. The average Bonchev–Trinajstić information content (AvgIpc) is 3.47. The SMILES string of the molecule is NC[C@@H]1Cc2ccccc2CN1C(=O)c1ccccc1-n1cc(C(=O)N(c2ccccc2)c2ccccc2)c2ccc(O)cc21. The van der Waals surface area contributed by atoms with Crippen molar-refractivity contribution < 1.29 is 14.7 Å². The summed E-state index contributed by atoms with van der Waals surface area (Å²) in [4.78, 5) is 32.4. The standard InChI is InChI=1S/C38H32N4O3/c39-23-30-21-26-11-7-8-12-27(26)24-40(30)37(44)33-17-9-10-18-35(33)41-25-34(32-20-19-31(43)22-36(32)41)38(45)42(28-13-3-1-4-14-28)29-15-5-2-6-16-29/h1-20,22,25,30,43H,21,23-24,39H2/t30-/m0/s1. The quantitative estimate of drug-likeness (QED) is 0.222. The molecule has 0 radical (unpaired) electrons. The molecule has 2 heterocycles. The van der Waals surface area contributed by atoms with Crippen LogP contribution in [0.3, 0.4) is 0 Å². The number of carbonyl (C=O) groups is 2. The maximum Gasteiger partial charge on any atom is 0.265 e. The van der Waals surface area contributed by atoms with Crippen LogP contribution in [0.2, 0.25) is 0 Å². The van der Waals surface area contributed by atoms with Crippen molar-refractivity contribution in [3.05, 3.63) is 156 Å². The number of anilines is 2. The van der Waals surface area contributed by atoms with E-state index in [4.69, 9.17) is 5.73 Å². The Morgan fingerprint density at radius 2 is 1.38 bits per heavy atom. The van der Waals surface area contributed by atoms with E-state index in [0.717, 1.165) is 16.9 Å². The van der Waals surface area contributed by atoms with Gasteiger partial charge in [-0.25, -0.2) is 0 Å². The van der Waals surface area contributed by atoms with E-state index in [1.54, 1.807) is 29.3 Å². The van der Waals surface area contributed by atoms with Crippen LogP contribution < -0.4 is 10.6 Å². The van der Waals surface area contributed by atoms with Gasteiger partial charge in [-0.3, -0.25) is 14.5 Å². The van der Waals surface area contributed by atoms with Gasteiger partial charge in [-0.05, 0) is 66.1 Å². The molecular weight excluding hydrogens is 560 g/mol. The summed E-state index contributed by atoms with van der Waals surface area (Å²) in [5.41, 5.74) is 12.1. The second-order valence-electron chi connectivity index (χ2n) is 11.2. The first-order valence-electron chi connectivity index (χ1n) is 15.0. The Morgan fingerprint density at radius 3 is 2.07 bits per heavy atom. The lowest BCUT2D eigenvalue weighted by molar-refractivity contribution is 0.0647. The Hall–Kier alpha value is -5.66. The van der Waals surface area contributed by atoms with Gasteiger partial charge >= 0.3 is 0 Å². The predicted molar refractivity (Wildman–Crippen MR) is 177 cm³/mol. The molecular formula is C38H32N4O3. The molecule has 45 heavy (non-hydrogen) atoms. The highest BCUT2D eigenvalue weighted by Crippen LogP contribution is 2.35. The van der Waals surface area contributed by atoms with Gasteiger partial charge in [-0.1, -0.05) is 72.8 Å². The van der Waals surface area contributed by atoms with Crippen LogP contribution in [0, 0.1) is 0 Å². The van der Waals surface area contributed by atoms with Crippen LogP contribution in [0.1, 0.15) is 31.8 Å². The molecule has 6 aromatic rings. The second kappa shape index (κ2) is 11.8. The molecule has 2 amide bonds. The van der Waals surface area contributed by atoms with Gasteiger partial charge in [0.15, 0.2) is 0 Å². The van der Waals surface area contributed by atoms with Crippen LogP contribution >= 0.6 is 0 Å². The summed E-state index contributed by atoms with van der Waals surface area (Å²) >= 11 is 0. The minimum Gasteiger partial charge on any atom is -0.508 e. The largest absolute Gasteiger partial charge is 0.508 e. The van der Waals surface area contributed by atoms with Crippen molar-refractivity contribution in [2.45, 2.75) is 19.0 Å². The summed E-state index contributed by atoms with van der Waals surface area (Å²) in [7, 11) is 0. The van der Waals surface area contributed by atoms with Crippen LogP contribution in [0.5, 0.6) is 5.75 Å². The first kappa shape index (κ1) is 28.1.